The molecule has 2 heterocycles. The SMILES string of the molecule is CCOC(=O)[C@H]1CCCCN1CC(=O)N1N=C(c2cccc(OC)c2)C[C@H]1c1ccccc1OC. The molecule has 0 bridgehead atoms. The monoisotopic (exact) mass is 479 g/mol. The van der Waals surface area contributed by atoms with Crippen LogP contribution in [0, 0.1) is 0 Å². The molecule has 1 saturated heterocycles. The van der Waals surface area contributed by atoms with Gasteiger partial charge in [0.05, 0.1) is 39.1 Å². The van der Waals surface area contributed by atoms with E-state index in [1.54, 1.807) is 26.2 Å². The molecule has 0 radical (unpaired) electrons. The van der Waals surface area contributed by atoms with Crippen molar-refractivity contribution in [2.45, 2.75) is 44.7 Å². The number of piperidine rings is 1. The quantitative estimate of drug-likeness (QED) is 0.536. The van der Waals surface area contributed by atoms with Crippen LogP contribution in [0.25, 0.3) is 0 Å². The number of hydrazone groups is 1. The van der Waals surface area contributed by atoms with Crippen LogP contribution < -0.4 is 9.47 Å². The molecule has 186 valence electrons. The highest BCUT2D eigenvalue weighted by molar-refractivity contribution is 6.03. The summed E-state index contributed by atoms with van der Waals surface area (Å²) in [5.74, 6) is 1.02. The van der Waals surface area contributed by atoms with E-state index >= 15 is 0 Å². The normalized spacial score (nSPS) is 20.3. The van der Waals surface area contributed by atoms with Gasteiger partial charge < -0.3 is 14.2 Å². The van der Waals surface area contributed by atoms with Gasteiger partial charge in [-0.3, -0.25) is 14.5 Å². The van der Waals surface area contributed by atoms with E-state index in [2.05, 4.69) is 0 Å². The molecule has 2 aliphatic rings. The van der Waals surface area contributed by atoms with Crippen LogP contribution in [0.1, 0.15) is 49.8 Å². The maximum absolute atomic E-state index is 13.7. The van der Waals surface area contributed by atoms with E-state index in [0.29, 0.717) is 31.7 Å². The van der Waals surface area contributed by atoms with Crippen molar-refractivity contribution in [2.75, 3.05) is 33.9 Å². The minimum absolute atomic E-state index is 0.101. The molecule has 0 N–H and O–H groups in total. The van der Waals surface area contributed by atoms with Crippen LogP contribution in [0.4, 0.5) is 0 Å². The second-order valence-electron chi connectivity index (χ2n) is 8.71. The number of ether oxygens (including phenoxy) is 3. The first-order valence-corrected chi connectivity index (χ1v) is 12.1. The molecule has 2 aliphatic heterocycles. The van der Waals surface area contributed by atoms with Crippen molar-refractivity contribution in [3.05, 3.63) is 59.7 Å². The maximum atomic E-state index is 13.7. The molecule has 35 heavy (non-hydrogen) atoms. The third-order valence-corrected chi connectivity index (χ3v) is 6.58. The van der Waals surface area contributed by atoms with Gasteiger partial charge >= 0.3 is 5.97 Å². The van der Waals surface area contributed by atoms with Crippen LogP contribution in [0.2, 0.25) is 0 Å². The van der Waals surface area contributed by atoms with E-state index in [4.69, 9.17) is 19.3 Å². The molecule has 0 aliphatic carbocycles. The predicted octanol–water partition coefficient (Wildman–Crippen LogP) is 3.80. The van der Waals surface area contributed by atoms with Gasteiger partial charge in [-0.1, -0.05) is 36.8 Å². The highest BCUT2D eigenvalue weighted by Gasteiger charge is 2.38. The number of esters is 1. The van der Waals surface area contributed by atoms with Gasteiger partial charge in [-0.05, 0) is 44.5 Å². The second-order valence-corrected chi connectivity index (χ2v) is 8.71. The molecular weight excluding hydrogens is 446 g/mol. The Morgan fingerprint density at radius 1 is 1.06 bits per heavy atom. The summed E-state index contributed by atoms with van der Waals surface area (Å²) in [4.78, 5) is 28.1. The maximum Gasteiger partial charge on any atom is 0.323 e. The minimum atomic E-state index is -0.401. The Morgan fingerprint density at radius 2 is 1.89 bits per heavy atom. The van der Waals surface area contributed by atoms with Gasteiger partial charge in [-0.2, -0.15) is 5.10 Å². The lowest BCUT2D eigenvalue weighted by atomic mass is 9.97. The highest BCUT2D eigenvalue weighted by Crippen LogP contribution is 2.38. The van der Waals surface area contributed by atoms with Gasteiger partial charge in [0.1, 0.15) is 17.5 Å². The smallest absolute Gasteiger partial charge is 0.323 e. The number of hydrogen-bond acceptors (Lipinski definition) is 7. The summed E-state index contributed by atoms with van der Waals surface area (Å²) in [6, 6.07) is 14.7. The standard InChI is InChI=1S/C27H33N3O5/c1-4-35-27(32)23-13-7-8-15-29(23)18-26(31)30-24(21-12-5-6-14-25(21)34-3)17-22(28-30)19-10-9-11-20(16-19)33-2/h5-6,9-12,14,16,23-24H,4,7-8,13,15,17-18H2,1-3H3/t23-,24+/m1/s1. The number of carbonyl (C=O) groups excluding carboxylic acids is 2. The molecule has 4 rings (SSSR count). The fourth-order valence-corrected chi connectivity index (χ4v) is 4.83. The van der Waals surface area contributed by atoms with Crippen LogP contribution >= 0.6 is 0 Å². The lowest BCUT2D eigenvalue weighted by Crippen LogP contribution is -2.49. The van der Waals surface area contributed by atoms with Gasteiger partial charge in [0.15, 0.2) is 0 Å². The molecule has 1 amide bonds. The lowest BCUT2D eigenvalue weighted by molar-refractivity contribution is -0.152. The molecule has 2 aromatic rings. The molecule has 2 atom stereocenters. The minimum Gasteiger partial charge on any atom is -0.497 e. The Hall–Kier alpha value is -3.39. The Bertz CT molecular complexity index is 1090. The van der Waals surface area contributed by atoms with Crippen molar-refractivity contribution in [2.24, 2.45) is 5.10 Å². The van der Waals surface area contributed by atoms with E-state index in [9.17, 15) is 9.59 Å². The average molecular weight is 480 g/mol. The molecular formula is C27H33N3O5. The Morgan fingerprint density at radius 3 is 2.66 bits per heavy atom. The van der Waals surface area contributed by atoms with E-state index in [0.717, 1.165) is 35.4 Å². The molecule has 0 unspecified atom stereocenters. The third-order valence-electron chi connectivity index (χ3n) is 6.58. The van der Waals surface area contributed by atoms with E-state index in [-0.39, 0.29) is 24.5 Å². The van der Waals surface area contributed by atoms with Crippen molar-refractivity contribution in [1.82, 2.24) is 9.91 Å². The number of carbonyl (C=O) groups is 2. The number of hydrogen-bond donors (Lipinski definition) is 0. The summed E-state index contributed by atoms with van der Waals surface area (Å²) in [6.45, 7) is 2.90. The predicted molar refractivity (Wildman–Crippen MR) is 133 cm³/mol. The molecule has 8 nitrogen and oxygen atoms in total. The van der Waals surface area contributed by atoms with Crippen LogP contribution in [0.5, 0.6) is 11.5 Å². The van der Waals surface area contributed by atoms with Gasteiger partial charge in [-0.15, -0.1) is 0 Å². The highest BCUT2D eigenvalue weighted by atomic mass is 16.5. The molecule has 2 aromatic carbocycles. The van der Waals surface area contributed by atoms with Gasteiger partial charge in [0.25, 0.3) is 5.91 Å². The number of rotatable bonds is 8. The topological polar surface area (TPSA) is 80.7 Å². The lowest BCUT2D eigenvalue weighted by Gasteiger charge is -2.34. The van der Waals surface area contributed by atoms with Crippen LogP contribution in [-0.4, -0.2) is 67.5 Å². The number of amides is 1. The Balaban J connectivity index is 1.64. The van der Waals surface area contributed by atoms with E-state index in [1.807, 2.05) is 53.4 Å². The van der Waals surface area contributed by atoms with Crippen LogP contribution in [-0.2, 0) is 14.3 Å². The Kier molecular flexibility index (Phi) is 8.02. The summed E-state index contributed by atoms with van der Waals surface area (Å²) >= 11 is 0. The van der Waals surface area contributed by atoms with Crippen molar-refractivity contribution < 1.29 is 23.8 Å². The fourth-order valence-electron chi connectivity index (χ4n) is 4.83. The summed E-state index contributed by atoms with van der Waals surface area (Å²) in [7, 11) is 3.25. The van der Waals surface area contributed by atoms with Crippen molar-refractivity contribution in [3.63, 3.8) is 0 Å². The summed E-state index contributed by atoms with van der Waals surface area (Å²) in [5, 5.41) is 6.34. The van der Waals surface area contributed by atoms with Crippen LogP contribution in [0.3, 0.4) is 0 Å². The van der Waals surface area contributed by atoms with Crippen LogP contribution in [0.15, 0.2) is 53.6 Å². The number of nitrogens with zero attached hydrogens (tertiary/aromatic N) is 3. The summed E-state index contributed by atoms with van der Waals surface area (Å²) in [5.41, 5.74) is 2.60. The molecule has 8 heteroatoms. The summed E-state index contributed by atoms with van der Waals surface area (Å²) in [6.07, 6.45) is 3.12. The first-order valence-electron chi connectivity index (χ1n) is 12.1. The summed E-state index contributed by atoms with van der Waals surface area (Å²) < 4.78 is 16.3. The third kappa shape index (κ3) is 5.48. The number of methoxy groups -OCH3 is 2. The second kappa shape index (κ2) is 11.4. The first-order chi connectivity index (χ1) is 17.0. The number of benzene rings is 2. The van der Waals surface area contributed by atoms with Crippen molar-refractivity contribution >= 4 is 17.6 Å². The molecule has 0 spiro atoms. The largest absolute Gasteiger partial charge is 0.497 e. The zero-order valence-electron chi connectivity index (χ0n) is 20.6. The fraction of sp³-hybridized carbons (Fsp3) is 0.444. The molecule has 1 fully saturated rings. The molecule has 0 aromatic heterocycles. The molecule has 0 saturated carbocycles. The number of likely N-dealkylation sites (tertiary alicyclic amines) is 1. The average Bonchev–Trinajstić information content (AvgIpc) is 3.35. The zero-order chi connectivity index (χ0) is 24.8. The van der Waals surface area contributed by atoms with E-state index < -0.39 is 6.04 Å². The van der Waals surface area contributed by atoms with Gasteiger partial charge in [0.2, 0.25) is 0 Å². The Labute approximate surface area is 206 Å². The van der Waals surface area contributed by atoms with Gasteiger partial charge in [0, 0.05) is 17.5 Å². The number of para-hydroxylation sites is 1. The first kappa shape index (κ1) is 24.7. The van der Waals surface area contributed by atoms with Gasteiger partial charge in [-0.25, -0.2) is 5.01 Å². The van der Waals surface area contributed by atoms with Crippen molar-refractivity contribution in [1.29, 1.82) is 0 Å². The van der Waals surface area contributed by atoms with E-state index in [1.165, 1.54) is 0 Å². The zero-order valence-corrected chi connectivity index (χ0v) is 20.6. The van der Waals surface area contributed by atoms with Crippen molar-refractivity contribution in [3.8, 4) is 11.5 Å².